The zero-order valence-electron chi connectivity index (χ0n) is 47.0. The maximum absolute atomic E-state index is 7.05. The number of rotatable bonds is 7. The second-order valence-electron chi connectivity index (χ2n) is 24.6. The molecule has 3 aliphatic carbocycles. The van der Waals surface area contributed by atoms with E-state index in [1.165, 1.54) is 94.2 Å². The third-order valence-corrected chi connectivity index (χ3v) is 18.6. The Kier molecular flexibility index (Phi) is 9.89. The van der Waals surface area contributed by atoms with Crippen molar-refractivity contribution >= 4 is 78.0 Å². The van der Waals surface area contributed by atoms with Crippen LogP contribution in [0.5, 0.6) is 0 Å². The maximum atomic E-state index is 7.05. The van der Waals surface area contributed by atoms with Crippen LogP contribution in [0.3, 0.4) is 0 Å². The molecule has 0 N–H and O–H groups in total. The summed E-state index contributed by atoms with van der Waals surface area (Å²) in [5.41, 5.74) is 29.8. The third-order valence-electron chi connectivity index (χ3n) is 18.6. The minimum atomic E-state index is -0.369. The molecule has 3 aliphatic rings. The summed E-state index contributed by atoms with van der Waals surface area (Å²) in [7, 11) is 0. The van der Waals surface area contributed by atoms with Gasteiger partial charge in [-0.05, 0) is 172 Å². The van der Waals surface area contributed by atoms with Crippen LogP contribution >= 0.6 is 0 Å². The Labute approximate surface area is 473 Å². The first-order valence-corrected chi connectivity index (χ1v) is 28.6. The number of fused-ring (bicyclic) bond motifs is 19. The molecule has 4 nitrogen and oxygen atoms in total. The molecule has 81 heavy (non-hydrogen) atoms. The minimum absolute atomic E-state index is 0.255. The number of para-hydroxylation sites is 4. The summed E-state index contributed by atoms with van der Waals surface area (Å²) in [6.07, 6.45) is 0. The summed E-state index contributed by atoms with van der Waals surface area (Å²) < 4.78 is 14.0. The Hall–Kier alpha value is -9.38. The molecule has 4 heteroatoms. The molecule has 0 fully saturated rings. The molecule has 2 heterocycles. The largest absolute Gasteiger partial charge is 0.455 e. The highest BCUT2D eigenvalue weighted by molar-refractivity contribution is 6.21. The first kappa shape index (κ1) is 47.6. The Morgan fingerprint density at radius 1 is 0.309 bits per heavy atom. The molecule has 11 aromatic carbocycles. The van der Waals surface area contributed by atoms with Gasteiger partial charge in [-0.3, -0.25) is 0 Å². The van der Waals surface area contributed by atoms with E-state index < -0.39 is 0 Å². The van der Waals surface area contributed by atoms with Crippen molar-refractivity contribution in [1.29, 1.82) is 0 Å². The number of nitrogens with zero attached hydrogens (tertiary/aromatic N) is 2. The molecule has 390 valence electrons. The molecular weight excluding hydrogens is 985 g/mol. The van der Waals surface area contributed by atoms with Gasteiger partial charge >= 0.3 is 0 Å². The van der Waals surface area contributed by atoms with E-state index in [1.807, 2.05) is 0 Å². The molecule has 2 aromatic heterocycles. The smallest absolute Gasteiger partial charge is 0.144 e. The fraction of sp³-hybridized carbons (Fsp3) is 0.143. The van der Waals surface area contributed by atoms with Crippen molar-refractivity contribution in [3.8, 4) is 44.5 Å². The molecular formula is C77H60N2O2. The SMILES string of the molecule is Cc1cc(C)cc(-c2cc3c(c4c2oc2ccccc24)-c2ccc(N(c4ccc(N(c5ccccc5)c5ccccc5)cc4)c4ccc5c(c4)C(C)(C)c4c6c(c7oc8ccccc8c7c4-5)-c4ccccc4C6(C)C)cc2C3(C)C)c1. The molecule has 0 amide bonds. The molecule has 0 aliphatic heterocycles. The van der Waals surface area contributed by atoms with E-state index in [2.05, 4.69) is 284 Å². The number of aryl methyl sites for hydroxylation is 2. The summed E-state index contributed by atoms with van der Waals surface area (Å²) in [5.74, 6) is 0. The fourth-order valence-electron chi connectivity index (χ4n) is 15.0. The van der Waals surface area contributed by atoms with Gasteiger partial charge < -0.3 is 18.6 Å². The van der Waals surface area contributed by atoms with Gasteiger partial charge in [0, 0.05) is 83.0 Å². The van der Waals surface area contributed by atoms with Crippen LogP contribution in [0.4, 0.5) is 34.1 Å². The van der Waals surface area contributed by atoms with Crippen LogP contribution in [-0.2, 0) is 16.2 Å². The predicted molar refractivity (Wildman–Crippen MR) is 338 cm³/mol. The molecule has 0 atom stereocenters. The van der Waals surface area contributed by atoms with Crippen molar-refractivity contribution in [2.45, 2.75) is 71.6 Å². The van der Waals surface area contributed by atoms with Gasteiger partial charge in [-0.25, -0.2) is 0 Å². The Balaban J connectivity index is 0.915. The number of hydrogen-bond acceptors (Lipinski definition) is 4. The van der Waals surface area contributed by atoms with Crippen molar-refractivity contribution in [3.63, 3.8) is 0 Å². The predicted octanol–water partition coefficient (Wildman–Crippen LogP) is 21.6. The molecule has 0 saturated heterocycles. The van der Waals surface area contributed by atoms with E-state index >= 15 is 0 Å². The highest BCUT2D eigenvalue weighted by atomic mass is 16.3. The van der Waals surface area contributed by atoms with Crippen molar-refractivity contribution in [1.82, 2.24) is 0 Å². The summed E-state index contributed by atoms with van der Waals surface area (Å²) >= 11 is 0. The highest BCUT2D eigenvalue weighted by Gasteiger charge is 2.49. The van der Waals surface area contributed by atoms with Crippen LogP contribution in [0.1, 0.15) is 86.1 Å². The van der Waals surface area contributed by atoms with Gasteiger partial charge in [-0.1, -0.05) is 180 Å². The topological polar surface area (TPSA) is 32.8 Å². The number of hydrogen-bond donors (Lipinski definition) is 0. The Morgan fingerprint density at radius 3 is 1.35 bits per heavy atom. The lowest BCUT2D eigenvalue weighted by molar-refractivity contribution is 0.600. The summed E-state index contributed by atoms with van der Waals surface area (Å²) in [4.78, 5) is 4.83. The molecule has 16 rings (SSSR count). The van der Waals surface area contributed by atoms with E-state index in [0.29, 0.717) is 0 Å². The number of furan rings is 2. The van der Waals surface area contributed by atoms with Gasteiger partial charge in [-0.2, -0.15) is 0 Å². The number of anilines is 6. The lowest BCUT2D eigenvalue weighted by Gasteiger charge is -2.32. The van der Waals surface area contributed by atoms with Crippen LogP contribution < -0.4 is 9.80 Å². The van der Waals surface area contributed by atoms with Crippen LogP contribution in [-0.4, -0.2) is 0 Å². The average Bonchev–Trinajstić information content (AvgIpc) is 2.60. The Bertz CT molecular complexity index is 4740. The van der Waals surface area contributed by atoms with Crippen LogP contribution in [0.25, 0.3) is 88.4 Å². The minimum Gasteiger partial charge on any atom is -0.455 e. The second-order valence-corrected chi connectivity index (χ2v) is 24.6. The van der Waals surface area contributed by atoms with Gasteiger partial charge in [0.05, 0.1) is 0 Å². The molecule has 0 spiro atoms. The summed E-state index contributed by atoms with van der Waals surface area (Å²) in [5, 5.41) is 4.70. The standard InChI is InChI=1S/C77H60N2O2/c1-45-39-46(2)41-47(40-45)59-44-63-66(68-57-26-16-19-29-64(57)80-73(59)68)55-37-35-52(42-61(55)75(63,3)4)79(51-33-31-50(32-34-51)78(48-21-11-9-12-22-48)49-23-13-10-14-24-49)53-36-38-56-62(43-53)77(7,8)71-67(56)69-58-27-17-20-30-65(58)81-74(69)70-54-25-15-18-28-60(54)76(5,6)72(70)71/h9-44H,1-8H3. The molecule has 0 bridgehead atoms. The van der Waals surface area contributed by atoms with E-state index in [9.17, 15) is 0 Å². The van der Waals surface area contributed by atoms with Crippen molar-refractivity contribution < 1.29 is 8.83 Å². The van der Waals surface area contributed by atoms with Crippen LogP contribution in [0.15, 0.2) is 227 Å². The van der Waals surface area contributed by atoms with Gasteiger partial charge in [0.25, 0.3) is 0 Å². The molecule has 0 radical (unpaired) electrons. The average molecular weight is 1050 g/mol. The summed E-state index contributed by atoms with van der Waals surface area (Å²) in [6, 6.07) is 80.5. The normalized spacial score (nSPS) is 14.7. The van der Waals surface area contributed by atoms with Gasteiger partial charge in [0.1, 0.15) is 22.3 Å². The van der Waals surface area contributed by atoms with E-state index in [-0.39, 0.29) is 16.2 Å². The van der Waals surface area contributed by atoms with Crippen LogP contribution in [0, 0.1) is 13.8 Å². The Morgan fingerprint density at radius 2 is 0.741 bits per heavy atom. The van der Waals surface area contributed by atoms with Gasteiger partial charge in [-0.15, -0.1) is 0 Å². The summed E-state index contributed by atoms with van der Waals surface area (Å²) in [6.45, 7) is 18.9. The fourth-order valence-corrected chi connectivity index (χ4v) is 15.0. The van der Waals surface area contributed by atoms with Crippen molar-refractivity contribution in [2.75, 3.05) is 9.80 Å². The zero-order valence-corrected chi connectivity index (χ0v) is 47.0. The number of benzene rings is 11. The second kappa shape index (κ2) is 16.8. The lowest BCUT2D eigenvalue weighted by atomic mass is 9.72. The van der Waals surface area contributed by atoms with E-state index in [0.717, 1.165) is 72.8 Å². The third kappa shape index (κ3) is 6.65. The molecule has 13 aromatic rings. The van der Waals surface area contributed by atoms with E-state index in [1.54, 1.807) is 0 Å². The van der Waals surface area contributed by atoms with Crippen molar-refractivity contribution in [2.24, 2.45) is 0 Å². The van der Waals surface area contributed by atoms with Gasteiger partial charge in [0.2, 0.25) is 0 Å². The van der Waals surface area contributed by atoms with Gasteiger partial charge in [0.15, 0.2) is 0 Å². The van der Waals surface area contributed by atoms with Crippen molar-refractivity contribution in [3.05, 3.63) is 263 Å². The monoisotopic (exact) mass is 1040 g/mol. The first-order chi connectivity index (χ1) is 39.3. The van der Waals surface area contributed by atoms with E-state index in [4.69, 9.17) is 8.83 Å². The zero-order chi connectivity index (χ0) is 54.8. The lowest BCUT2D eigenvalue weighted by Crippen LogP contribution is -2.24. The molecule has 0 unspecified atom stereocenters. The first-order valence-electron chi connectivity index (χ1n) is 28.6. The maximum Gasteiger partial charge on any atom is 0.144 e. The highest BCUT2D eigenvalue weighted by Crippen LogP contribution is 2.64. The molecule has 0 saturated carbocycles. The van der Waals surface area contributed by atoms with Crippen LogP contribution in [0.2, 0.25) is 0 Å². The quantitative estimate of drug-likeness (QED) is 0.159.